The highest BCUT2D eigenvalue weighted by atomic mass is 16.5. The number of pyridine rings is 1. The van der Waals surface area contributed by atoms with Crippen LogP contribution in [0.3, 0.4) is 0 Å². The van der Waals surface area contributed by atoms with Gasteiger partial charge >= 0.3 is 5.97 Å². The van der Waals surface area contributed by atoms with Crippen LogP contribution in [0.15, 0.2) is 42.6 Å². The van der Waals surface area contributed by atoms with E-state index in [1.165, 1.54) is 18.3 Å². The molecule has 0 fully saturated rings. The van der Waals surface area contributed by atoms with Crippen molar-refractivity contribution in [1.29, 1.82) is 0 Å². The van der Waals surface area contributed by atoms with Gasteiger partial charge in [-0.25, -0.2) is 9.78 Å². The number of carbonyl (C=O) groups is 2. The highest BCUT2D eigenvalue weighted by Crippen LogP contribution is 2.11. The van der Waals surface area contributed by atoms with Gasteiger partial charge in [-0.1, -0.05) is 31.2 Å². The summed E-state index contributed by atoms with van der Waals surface area (Å²) >= 11 is 0. The monoisotopic (exact) mass is 328 g/mol. The van der Waals surface area contributed by atoms with E-state index < -0.39 is 5.97 Å². The van der Waals surface area contributed by atoms with Crippen LogP contribution in [-0.2, 0) is 17.9 Å². The van der Waals surface area contributed by atoms with E-state index in [0.29, 0.717) is 19.8 Å². The van der Waals surface area contributed by atoms with Crippen molar-refractivity contribution in [1.82, 2.24) is 10.3 Å². The largest absolute Gasteiger partial charge is 0.477 e. The average Bonchev–Trinajstić information content (AvgIpc) is 2.61. The van der Waals surface area contributed by atoms with Crippen LogP contribution < -0.4 is 5.32 Å². The zero-order valence-electron chi connectivity index (χ0n) is 13.5. The van der Waals surface area contributed by atoms with Gasteiger partial charge < -0.3 is 15.2 Å². The lowest BCUT2D eigenvalue weighted by molar-refractivity contribution is 0.0690. The molecular formula is C18H20N2O4. The lowest BCUT2D eigenvalue weighted by atomic mass is 10.1. The summed E-state index contributed by atoms with van der Waals surface area (Å²) in [4.78, 5) is 26.8. The minimum absolute atomic E-state index is 0.156. The van der Waals surface area contributed by atoms with E-state index in [1.807, 2.05) is 31.2 Å². The second kappa shape index (κ2) is 8.79. The normalized spacial score (nSPS) is 10.4. The number of amides is 1. The number of aromatic nitrogens is 1. The molecule has 1 aromatic heterocycles. The number of ether oxygens (including phenoxy) is 1. The van der Waals surface area contributed by atoms with E-state index >= 15 is 0 Å². The number of hydrogen-bond donors (Lipinski definition) is 2. The Morgan fingerprint density at radius 2 is 1.96 bits per heavy atom. The summed E-state index contributed by atoms with van der Waals surface area (Å²) in [7, 11) is 0. The maximum absolute atomic E-state index is 12.2. The molecule has 0 aliphatic heterocycles. The first-order valence-electron chi connectivity index (χ1n) is 7.74. The van der Waals surface area contributed by atoms with Gasteiger partial charge in [-0.15, -0.1) is 0 Å². The number of nitrogens with zero attached hydrogens (tertiary/aromatic N) is 1. The van der Waals surface area contributed by atoms with E-state index in [4.69, 9.17) is 9.84 Å². The summed E-state index contributed by atoms with van der Waals surface area (Å²) in [5, 5.41) is 11.7. The van der Waals surface area contributed by atoms with E-state index in [0.717, 1.165) is 17.5 Å². The number of nitrogens with one attached hydrogen (secondary N) is 1. The lowest BCUT2D eigenvalue weighted by Gasteiger charge is -2.11. The number of carbonyl (C=O) groups excluding carboxylic acids is 1. The molecule has 2 aromatic rings. The van der Waals surface area contributed by atoms with Gasteiger partial charge in [-0.05, 0) is 29.7 Å². The molecule has 0 spiro atoms. The average molecular weight is 328 g/mol. The van der Waals surface area contributed by atoms with Crippen molar-refractivity contribution in [3.05, 3.63) is 65.0 Å². The summed E-state index contributed by atoms with van der Waals surface area (Å²) in [5.74, 6) is -1.51. The summed E-state index contributed by atoms with van der Waals surface area (Å²) in [6.45, 7) is 3.58. The third kappa shape index (κ3) is 4.89. The Morgan fingerprint density at radius 1 is 1.21 bits per heavy atom. The van der Waals surface area contributed by atoms with Crippen LogP contribution in [0.1, 0.15) is 45.3 Å². The maximum Gasteiger partial charge on any atom is 0.354 e. The fraction of sp³-hybridized carbons (Fsp3) is 0.278. The van der Waals surface area contributed by atoms with Gasteiger partial charge in [0.05, 0.1) is 6.61 Å². The smallest absolute Gasteiger partial charge is 0.354 e. The molecule has 1 heterocycles. The Balaban J connectivity index is 2.01. The molecule has 0 aliphatic carbocycles. The van der Waals surface area contributed by atoms with Crippen molar-refractivity contribution in [2.75, 3.05) is 6.61 Å². The SMILES string of the molecule is CCCOCc1ccccc1CNC(=O)c1ccnc(C(=O)O)c1. The van der Waals surface area contributed by atoms with Crippen molar-refractivity contribution in [3.63, 3.8) is 0 Å². The Labute approximate surface area is 140 Å². The fourth-order valence-corrected chi connectivity index (χ4v) is 2.16. The third-order valence-electron chi connectivity index (χ3n) is 3.41. The van der Waals surface area contributed by atoms with Gasteiger partial charge in [0.2, 0.25) is 0 Å². The molecule has 126 valence electrons. The third-order valence-corrected chi connectivity index (χ3v) is 3.41. The van der Waals surface area contributed by atoms with E-state index in [9.17, 15) is 9.59 Å². The van der Waals surface area contributed by atoms with Crippen LogP contribution in [0.2, 0.25) is 0 Å². The van der Waals surface area contributed by atoms with E-state index in [-0.39, 0.29) is 17.2 Å². The molecule has 1 aromatic carbocycles. The Hall–Kier alpha value is -2.73. The summed E-state index contributed by atoms with van der Waals surface area (Å²) in [5.41, 5.74) is 2.10. The molecule has 6 heteroatoms. The number of carboxylic acids is 1. The standard InChI is InChI=1S/C18H20N2O4/c1-2-9-24-12-15-6-4-3-5-14(15)11-20-17(21)13-7-8-19-16(10-13)18(22)23/h3-8,10H,2,9,11-12H2,1H3,(H,20,21)(H,22,23). The van der Waals surface area contributed by atoms with Gasteiger partial charge in [-0.2, -0.15) is 0 Å². The number of hydrogen-bond acceptors (Lipinski definition) is 4. The highest BCUT2D eigenvalue weighted by molar-refractivity contribution is 5.96. The van der Waals surface area contributed by atoms with Crippen LogP contribution in [0.5, 0.6) is 0 Å². The van der Waals surface area contributed by atoms with Crippen molar-refractivity contribution in [2.24, 2.45) is 0 Å². The predicted molar refractivity (Wildman–Crippen MR) is 88.8 cm³/mol. The van der Waals surface area contributed by atoms with Gasteiger partial charge in [-0.3, -0.25) is 4.79 Å². The zero-order chi connectivity index (χ0) is 17.4. The lowest BCUT2D eigenvalue weighted by Crippen LogP contribution is -2.24. The van der Waals surface area contributed by atoms with Crippen LogP contribution in [0, 0.1) is 0 Å². The molecular weight excluding hydrogens is 308 g/mol. The Kier molecular flexibility index (Phi) is 6.45. The first-order valence-corrected chi connectivity index (χ1v) is 7.74. The number of carboxylic acid groups (broad SMARTS) is 1. The molecule has 1 amide bonds. The van der Waals surface area contributed by atoms with Crippen molar-refractivity contribution in [2.45, 2.75) is 26.5 Å². The summed E-state index contributed by atoms with van der Waals surface area (Å²) in [6, 6.07) is 10.5. The fourth-order valence-electron chi connectivity index (χ4n) is 2.16. The van der Waals surface area contributed by atoms with Crippen LogP contribution in [-0.4, -0.2) is 28.6 Å². The molecule has 0 aliphatic rings. The van der Waals surface area contributed by atoms with Crippen molar-refractivity contribution >= 4 is 11.9 Å². The van der Waals surface area contributed by atoms with E-state index in [2.05, 4.69) is 10.3 Å². The molecule has 2 rings (SSSR count). The highest BCUT2D eigenvalue weighted by Gasteiger charge is 2.11. The number of benzene rings is 1. The first kappa shape index (κ1) is 17.6. The molecule has 0 unspecified atom stereocenters. The quantitative estimate of drug-likeness (QED) is 0.727. The second-order valence-electron chi connectivity index (χ2n) is 5.24. The summed E-state index contributed by atoms with van der Waals surface area (Å²) < 4.78 is 5.56. The van der Waals surface area contributed by atoms with Crippen molar-refractivity contribution in [3.8, 4) is 0 Å². The molecule has 0 saturated carbocycles. The van der Waals surface area contributed by atoms with Crippen LogP contribution >= 0.6 is 0 Å². The first-order chi connectivity index (χ1) is 11.6. The topological polar surface area (TPSA) is 88.5 Å². The molecule has 24 heavy (non-hydrogen) atoms. The van der Waals surface area contributed by atoms with Crippen LogP contribution in [0.25, 0.3) is 0 Å². The maximum atomic E-state index is 12.2. The molecule has 0 atom stereocenters. The van der Waals surface area contributed by atoms with Crippen LogP contribution in [0.4, 0.5) is 0 Å². The van der Waals surface area contributed by atoms with E-state index in [1.54, 1.807) is 0 Å². The zero-order valence-corrected chi connectivity index (χ0v) is 13.5. The van der Waals surface area contributed by atoms with Gasteiger partial charge in [0.15, 0.2) is 0 Å². The molecule has 6 nitrogen and oxygen atoms in total. The predicted octanol–water partition coefficient (Wildman–Crippen LogP) is 2.64. The number of aromatic carboxylic acids is 1. The van der Waals surface area contributed by atoms with Gasteiger partial charge in [0.1, 0.15) is 5.69 Å². The Morgan fingerprint density at radius 3 is 2.67 bits per heavy atom. The van der Waals surface area contributed by atoms with Gasteiger partial charge in [0.25, 0.3) is 5.91 Å². The molecule has 0 bridgehead atoms. The van der Waals surface area contributed by atoms with Crippen molar-refractivity contribution < 1.29 is 19.4 Å². The minimum Gasteiger partial charge on any atom is -0.477 e. The second-order valence-corrected chi connectivity index (χ2v) is 5.24. The Bertz CT molecular complexity index is 716. The summed E-state index contributed by atoms with van der Waals surface area (Å²) in [6.07, 6.45) is 2.26. The number of rotatable bonds is 8. The van der Waals surface area contributed by atoms with Gasteiger partial charge in [0, 0.05) is 24.9 Å². The molecule has 2 N–H and O–H groups in total. The molecule has 0 saturated heterocycles. The minimum atomic E-state index is -1.16. The molecule has 0 radical (unpaired) electrons.